The Morgan fingerprint density at radius 3 is 2.89 bits per heavy atom. The highest BCUT2D eigenvalue weighted by Gasteiger charge is 2.19. The first kappa shape index (κ1) is 12.4. The number of ether oxygens (including phenoxy) is 1. The number of nitrogen functional groups attached to an aromatic ring is 1. The Balaban J connectivity index is 2.50. The SMILES string of the molecule is COc1cnccc1-c1noc(N)c1CC(C)C. The topological polar surface area (TPSA) is 74.2 Å². The lowest BCUT2D eigenvalue weighted by atomic mass is 9.99. The van der Waals surface area contributed by atoms with Crippen LogP contribution in [-0.4, -0.2) is 17.3 Å². The Morgan fingerprint density at radius 2 is 2.22 bits per heavy atom. The van der Waals surface area contributed by atoms with Gasteiger partial charge in [0.2, 0.25) is 5.88 Å². The van der Waals surface area contributed by atoms with E-state index in [1.165, 1.54) is 0 Å². The maximum Gasteiger partial charge on any atom is 0.225 e. The summed E-state index contributed by atoms with van der Waals surface area (Å²) in [7, 11) is 1.60. The van der Waals surface area contributed by atoms with Crippen molar-refractivity contribution in [2.45, 2.75) is 20.3 Å². The van der Waals surface area contributed by atoms with Gasteiger partial charge in [0.15, 0.2) is 0 Å². The zero-order valence-electron chi connectivity index (χ0n) is 10.8. The molecule has 2 rings (SSSR count). The average Bonchev–Trinajstić information content (AvgIpc) is 2.70. The lowest BCUT2D eigenvalue weighted by molar-refractivity contribution is 0.412. The van der Waals surface area contributed by atoms with Crippen LogP contribution in [0.5, 0.6) is 5.75 Å². The van der Waals surface area contributed by atoms with Crippen LogP contribution in [0.25, 0.3) is 11.3 Å². The summed E-state index contributed by atoms with van der Waals surface area (Å²) in [5.74, 6) is 1.51. The van der Waals surface area contributed by atoms with Gasteiger partial charge in [0, 0.05) is 17.3 Å². The summed E-state index contributed by atoms with van der Waals surface area (Å²) in [6.07, 6.45) is 4.16. The molecule has 0 aliphatic carbocycles. The second-order valence-electron chi connectivity index (χ2n) is 4.55. The summed E-state index contributed by atoms with van der Waals surface area (Å²) in [6, 6.07) is 1.85. The highest BCUT2D eigenvalue weighted by atomic mass is 16.5. The Kier molecular flexibility index (Phi) is 3.50. The fourth-order valence-electron chi connectivity index (χ4n) is 1.88. The van der Waals surface area contributed by atoms with Crippen molar-refractivity contribution in [2.75, 3.05) is 12.8 Å². The van der Waals surface area contributed by atoms with Gasteiger partial charge >= 0.3 is 0 Å². The third-order valence-corrected chi connectivity index (χ3v) is 2.69. The summed E-state index contributed by atoms with van der Waals surface area (Å²) in [4.78, 5) is 4.02. The molecule has 0 aromatic carbocycles. The van der Waals surface area contributed by atoms with E-state index in [1.54, 1.807) is 19.5 Å². The first-order valence-corrected chi connectivity index (χ1v) is 5.85. The van der Waals surface area contributed by atoms with E-state index < -0.39 is 0 Å². The molecule has 0 atom stereocenters. The van der Waals surface area contributed by atoms with Crippen LogP contribution in [0.4, 0.5) is 5.88 Å². The van der Waals surface area contributed by atoms with Crippen molar-refractivity contribution >= 4 is 5.88 Å². The summed E-state index contributed by atoms with van der Waals surface area (Å²) >= 11 is 0. The second kappa shape index (κ2) is 5.08. The van der Waals surface area contributed by atoms with Gasteiger partial charge in [0.1, 0.15) is 11.4 Å². The van der Waals surface area contributed by atoms with Crippen LogP contribution in [-0.2, 0) is 6.42 Å². The minimum atomic E-state index is 0.373. The number of hydrogen-bond donors (Lipinski definition) is 1. The molecule has 2 N–H and O–H groups in total. The zero-order valence-corrected chi connectivity index (χ0v) is 10.8. The molecule has 5 heteroatoms. The molecule has 0 aliphatic heterocycles. The van der Waals surface area contributed by atoms with Gasteiger partial charge in [0.05, 0.1) is 13.3 Å². The third kappa shape index (κ3) is 2.30. The molecule has 5 nitrogen and oxygen atoms in total. The molecule has 0 amide bonds. The van der Waals surface area contributed by atoms with Gasteiger partial charge in [-0.2, -0.15) is 0 Å². The highest BCUT2D eigenvalue weighted by molar-refractivity contribution is 5.72. The van der Waals surface area contributed by atoms with Gasteiger partial charge in [-0.1, -0.05) is 19.0 Å². The second-order valence-corrected chi connectivity index (χ2v) is 4.55. The fraction of sp³-hybridized carbons (Fsp3) is 0.385. The maximum atomic E-state index is 5.83. The van der Waals surface area contributed by atoms with Gasteiger partial charge in [-0.3, -0.25) is 4.98 Å². The van der Waals surface area contributed by atoms with Gasteiger partial charge in [0.25, 0.3) is 0 Å². The van der Waals surface area contributed by atoms with Gasteiger partial charge in [-0.25, -0.2) is 0 Å². The van der Waals surface area contributed by atoms with Crippen molar-refractivity contribution < 1.29 is 9.26 Å². The molecule has 0 saturated carbocycles. The van der Waals surface area contributed by atoms with E-state index in [0.717, 1.165) is 23.2 Å². The molecule has 0 unspecified atom stereocenters. The van der Waals surface area contributed by atoms with Crippen molar-refractivity contribution in [1.29, 1.82) is 0 Å². The monoisotopic (exact) mass is 247 g/mol. The van der Waals surface area contributed by atoms with Crippen LogP contribution in [0.15, 0.2) is 23.0 Å². The van der Waals surface area contributed by atoms with Gasteiger partial charge in [-0.05, 0) is 18.4 Å². The molecule has 18 heavy (non-hydrogen) atoms. The normalized spacial score (nSPS) is 10.9. The molecule has 0 spiro atoms. The molecule has 0 saturated heterocycles. The lowest BCUT2D eigenvalue weighted by Crippen LogP contribution is -1.99. The molecular weight excluding hydrogens is 230 g/mol. The minimum absolute atomic E-state index is 0.373. The fourth-order valence-corrected chi connectivity index (χ4v) is 1.88. The predicted octanol–water partition coefficient (Wildman–Crippen LogP) is 2.53. The van der Waals surface area contributed by atoms with Crippen LogP contribution in [0.3, 0.4) is 0 Å². The molecule has 0 fully saturated rings. The number of anilines is 1. The molecule has 2 heterocycles. The molecular formula is C13H17N3O2. The number of hydrogen-bond acceptors (Lipinski definition) is 5. The first-order valence-electron chi connectivity index (χ1n) is 5.85. The zero-order chi connectivity index (χ0) is 13.1. The summed E-state index contributed by atoms with van der Waals surface area (Å²) in [5.41, 5.74) is 8.35. The molecule has 0 bridgehead atoms. The Labute approximate surface area is 106 Å². The van der Waals surface area contributed by atoms with Crippen molar-refractivity contribution in [1.82, 2.24) is 10.1 Å². The summed E-state index contributed by atoms with van der Waals surface area (Å²) in [5, 5.41) is 4.04. The average molecular weight is 247 g/mol. The third-order valence-electron chi connectivity index (χ3n) is 2.69. The van der Waals surface area contributed by atoms with Crippen LogP contribution in [0, 0.1) is 5.92 Å². The highest BCUT2D eigenvalue weighted by Crippen LogP contribution is 2.34. The van der Waals surface area contributed by atoms with Crippen LogP contribution < -0.4 is 10.5 Å². The van der Waals surface area contributed by atoms with Crippen molar-refractivity contribution in [2.24, 2.45) is 5.92 Å². The van der Waals surface area contributed by atoms with Gasteiger partial charge < -0.3 is 15.0 Å². The van der Waals surface area contributed by atoms with E-state index in [1.807, 2.05) is 6.07 Å². The number of pyridine rings is 1. The van der Waals surface area contributed by atoms with Crippen LogP contribution >= 0.6 is 0 Å². The van der Waals surface area contributed by atoms with E-state index in [0.29, 0.717) is 17.6 Å². The molecule has 0 aliphatic rings. The number of nitrogens with two attached hydrogens (primary N) is 1. The first-order chi connectivity index (χ1) is 8.63. The number of rotatable bonds is 4. The van der Waals surface area contributed by atoms with Crippen molar-refractivity contribution in [3.8, 4) is 17.0 Å². The lowest BCUT2D eigenvalue weighted by Gasteiger charge is -2.08. The predicted molar refractivity (Wildman–Crippen MR) is 69.2 cm³/mol. The molecule has 96 valence electrons. The molecule has 0 radical (unpaired) electrons. The molecule has 2 aromatic rings. The van der Waals surface area contributed by atoms with Crippen LogP contribution in [0.2, 0.25) is 0 Å². The number of nitrogens with zero attached hydrogens (tertiary/aromatic N) is 2. The summed E-state index contributed by atoms with van der Waals surface area (Å²) in [6.45, 7) is 4.25. The van der Waals surface area contributed by atoms with Crippen LogP contribution in [0.1, 0.15) is 19.4 Å². The minimum Gasteiger partial charge on any atom is -0.494 e. The maximum absolute atomic E-state index is 5.83. The van der Waals surface area contributed by atoms with Crippen molar-refractivity contribution in [3.63, 3.8) is 0 Å². The largest absolute Gasteiger partial charge is 0.494 e. The standard InChI is InChI=1S/C13H17N3O2/c1-8(2)6-10-12(16-18-13(10)14)9-4-5-15-7-11(9)17-3/h4-5,7-8H,6,14H2,1-3H3. The quantitative estimate of drug-likeness (QED) is 0.898. The van der Waals surface area contributed by atoms with E-state index >= 15 is 0 Å². The van der Waals surface area contributed by atoms with Crippen molar-refractivity contribution in [3.05, 3.63) is 24.0 Å². The smallest absolute Gasteiger partial charge is 0.225 e. The Morgan fingerprint density at radius 1 is 1.44 bits per heavy atom. The number of aromatic nitrogens is 2. The Hall–Kier alpha value is -2.04. The Bertz CT molecular complexity index is 535. The number of methoxy groups -OCH3 is 1. The van der Waals surface area contributed by atoms with Gasteiger partial charge in [-0.15, -0.1) is 0 Å². The summed E-state index contributed by atoms with van der Waals surface area (Å²) < 4.78 is 10.4. The van der Waals surface area contributed by atoms with E-state index in [-0.39, 0.29) is 0 Å². The van der Waals surface area contributed by atoms with E-state index in [9.17, 15) is 0 Å². The molecule has 2 aromatic heterocycles. The van der Waals surface area contributed by atoms with E-state index in [2.05, 4.69) is 24.0 Å². The van der Waals surface area contributed by atoms with E-state index in [4.69, 9.17) is 15.0 Å².